The smallest absolute Gasteiger partial charge is 0.267 e. The summed E-state index contributed by atoms with van der Waals surface area (Å²) >= 11 is 0. The number of H-pyrrole nitrogens is 1. The van der Waals surface area contributed by atoms with Crippen molar-refractivity contribution < 1.29 is 9.90 Å². The van der Waals surface area contributed by atoms with Crippen molar-refractivity contribution in [2.75, 3.05) is 6.54 Å². The number of benzene rings is 1. The standard InChI is InChI=1S/C15H18N2O3/c1-2-5-11(18)9-16-15(20)13-8-10-6-3-4-7-12(10)14(19)17-13/h3-4,6-8,11,18H,2,5,9H2,1H3,(H,16,20)(H,17,19). The van der Waals surface area contributed by atoms with Crippen molar-refractivity contribution in [2.45, 2.75) is 25.9 Å². The molecule has 5 nitrogen and oxygen atoms in total. The molecule has 0 spiro atoms. The average molecular weight is 274 g/mol. The summed E-state index contributed by atoms with van der Waals surface area (Å²) in [4.78, 5) is 26.4. The first-order valence-electron chi connectivity index (χ1n) is 6.70. The number of aromatic nitrogens is 1. The van der Waals surface area contributed by atoms with E-state index in [1.807, 2.05) is 13.0 Å². The van der Waals surface area contributed by atoms with E-state index in [4.69, 9.17) is 0 Å². The Balaban J connectivity index is 2.16. The maximum Gasteiger partial charge on any atom is 0.267 e. The molecule has 5 heteroatoms. The molecule has 0 fully saturated rings. The van der Waals surface area contributed by atoms with Crippen LogP contribution in [0.1, 0.15) is 30.3 Å². The van der Waals surface area contributed by atoms with Gasteiger partial charge in [0.2, 0.25) is 0 Å². The topological polar surface area (TPSA) is 82.2 Å². The van der Waals surface area contributed by atoms with Crippen LogP contribution in [0.15, 0.2) is 35.1 Å². The molecule has 20 heavy (non-hydrogen) atoms. The molecule has 0 aliphatic rings. The number of amides is 1. The molecule has 2 aromatic rings. The summed E-state index contributed by atoms with van der Waals surface area (Å²) in [5.74, 6) is -0.386. The van der Waals surface area contributed by atoms with Gasteiger partial charge in [0.25, 0.3) is 11.5 Å². The number of aliphatic hydroxyl groups is 1. The second kappa shape index (κ2) is 6.34. The number of hydrogen-bond donors (Lipinski definition) is 3. The molecular weight excluding hydrogens is 256 g/mol. The third kappa shape index (κ3) is 3.24. The molecule has 2 rings (SSSR count). The second-order valence-corrected chi connectivity index (χ2v) is 4.75. The van der Waals surface area contributed by atoms with E-state index in [0.29, 0.717) is 11.8 Å². The molecule has 1 aromatic carbocycles. The molecule has 1 amide bonds. The third-order valence-electron chi connectivity index (χ3n) is 3.12. The molecule has 0 saturated heterocycles. The molecule has 1 aromatic heterocycles. The van der Waals surface area contributed by atoms with Crippen LogP contribution in [0.3, 0.4) is 0 Å². The Kier molecular flexibility index (Phi) is 4.53. The number of hydrogen-bond acceptors (Lipinski definition) is 3. The van der Waals surface area contributed by atoms with Gasteiger partial charge in [-0.2, -0.15) is 0 Å². The van der Waals surface area contributed by atoms with E-state index in [0.717, 1.165) is 11.8 Å². The summed E-state index contributed by atoms with van der Waals surface area (Å²) in [5.41, 5.74) is -0.0836. The van der Waals surface area contributed by atoms with Crippen LogP contribution in [0.25, 0.3) is 10.8 Å². The minimum absolute atomic E-state index is 0.182. The number of fused-ring (bicyclic) bond motifs is 1. The Morgan fingerprint density at radius 2 is 2.15 bits per heavy atom. The summed E-state index contributed by atoms with van der Waals surface area (Å²) in [6.45, 7) is 2.15. The highest BCUT2D eigenvalue weighted by atomic mass is 16.3. The lowest BCUT2D eigenvalue weighted by Gasteiger charge is -2.10. The lowest BCUT2D eigenvalue weighted by Crippen LogP contribution is -2.33. The van der Waals surface area contributed by atoms with Crippen LogP contribution in [0.5, 0.6) is 0 Å². The molecule has 3 N–H and O–H groups in total. The summed E-state index contributed by atoms with van der Waals surface area (Å²) in [6.07, 6.45) is 0.925. The fraction of sp³-hybridized carbons (Fsp3) is 0.333. The minimum Gasteiger partial charge on any atom is -0.391 e. The van der Waals surface area contributed by atoms with Gasteiger partial charge in [0, 0.05) is 11.9 Å². The predicted molar refractivity (Wildman–Crippen MR) is 77.8 cm³/mol. The lowest BCUT2D eigenvalue weighted by atomic mass is 10.1. The zero-order valence-corrected chi connectivity index (χ0v) is 11.3. The zero-order valence-electron chi connectivity index (χ0n) is 11.3. The van der Waals surface area contributed by atoms with Gasteiger partial charge < -0.3 is 15.4 Å². The molecule has 0 aliphatic heterocycles. The number of aromatic amines is 1. The van der Waals surface area contributed by atoms with Crippen LogP contribution in [-0.4, -0.2) is 28.6 Å². The fourth-order valence-electron chi connectivity index (χ4n) is 2.07. The number of carbonyl (C=O) groups excluding carboxylic acids is 1. The summed E-state index contributed by atoms with van der Waals surface area (Å²) in [5, 5.41) is 13.5. The first kappa shape index (κ1) is 14.3. The predicted octanol–water partition coefficient (Wildman–Crippen LogP) is 1.42. The van der Waals surface area contributed by atoms with Crippen molar-refractivity contribution >= 4 is 16.7 Å². The van der Waals surface area contributed by atoms with Crippen LogP contribution < -0.4 is 10.9 Å². The van der Waals surface area contributed by atoms with E-state index in [-0.39, 0.29) is 23.7 Å². The van der Waals surface area contributed by atoms with Gasteiger partial charge in [0.1, 0.15) is 5.69 Å². The first-order valence-corrected chi connectivity index (χ1v) is 6.70. The lowest BCUT2D eigenvalue weighted by molar-refractivity contribution is 0.0905. The number of nitrogens with one attached hydrogen (secondary N) is 2. The average Bonchev–Trinajstić information content (AvgIpc) is 2.45. The molecule has 0 saturated carbocycles. The van der Waals surface area contributed by atoms with E-state index >= 15 is 0 Å². The van der Waals surface area contributed by atoms with E-state index < -0.39 is 6.10 Å². The quantitative estimate of drug-likeness (QED) is 0.771. The molecule has 1 unspecified atom stereocenters. The fourth-order valence-corrected chi connectivity index (χ4v) is 2.07. The van der Waals surface area contributed by atoms with Gasteiger partial charge in [0.05, 0.1) is 6.10 Å². The number of aliphatic hydroxyl groups excluding tert-OH is 1. The van der Waals surface area contributed by atoms with Crippen LogP contribution >= 0.6 is 0 Å². The van der Waals surface area contributed by atoms with Crippen LogP contribution in [-0.2, 0) is 0 Å². The first-order chi connectivity index (χ1) is 9.61. The van der Waals surface area contributed by atoms with Crippen molar-refractivity contribution in [3.8, 4) is 0 Å². The van der Waals surface area contributed by atoms with Crippen molar-refractivity contribution in [2.24, 2.45) is 0 Å². The van der Waals surface area contributed by atoms with Gasteiger partial charge in [0.15, 0.2) is 0 Å². The van der Waals surface area contributed by atoms with Crippen molar-refractivity contribution in [3.05, 3.63) is 46.4 Å². The largest absolute Gasteiger partial charge is 0.391 e. The van der Waals surface area contributed by atoms with E-state index in [9.17, 15) is 14.7 Å². The summed E-state index contributed by atoms with van der Waals surface area (Å²) in [6, 6.07) is 8.72. The summed E-state index contributed by atoms with van der Waals surface area (Å²) < 4.78 is 0. The Hall–Kier alpha value is -2.14. The molecule has 0 radical (unpaired) electrons. The van der Waals surface area contributed by atoms with Gasteiger partial charge in [-0.05, 0) is 23.9 Å². The highest BCUT2D eigenvalue weighted by molar-refractivity contribution is 5.96. The normalized spacial score (nSPS) is 12.3. The minimum atomic E-state index is -0.559. The van der Waals surface area contributed by atoms with Gasteiger partial charge in [-0.1, -0.05) is 31.5 Å². The van der Waals surface area contributed by atoms with Gasteiger partial charge in [-0.15, -0.1) is 0 Å². The maximum absolute atomic E-state index is 12.0. The molecule has 106 valence electrons. The van der Waals surface area contributed by atoms with Gasteiger partial charge >= 0.3 is 0 Å². The van der Waals surface area contributed by atoms with Crippen molar-refractivity contribution in [1.29, 1.82) is 0 Å². The second-order valence-electron chi connectivity index (χ2n) is 4.75. The van der Waals surface area contributed by atoms with Crippen LogP contribution in [0.2, 0.25) is 0 Å². The monoisotopic (exact) mass is 274 g/mol. The molecular formula is C15H18N2O3. The number of carbonyl (C=O) groups is 1. The van der Waals surface area contributed by atoms with Crippen molar-refractivity contribution in [3.63, 3.8) is 0 Å². The van der Waals surface area contributed by atoms with E-state index in [1.54, 1.807) is 24.3 Å². The van der Waals surface area contributed by atoms with Gasteiger partial charge in [-0.3, -0.25) is 9.59 Å². The number of rotatable bonds is 5. The molecule has 1 heterocycles. The van der Waals surface area contributed by atoms with Gasteiger partial charge in [-0.25, -0.2) is 0 Å². The van der Waals surface area contributed by atoms with E-state index in [2.05, 4.69) is 10.3 Å². The Morgan fingerprint density at radius 3 is 2.90 bits per heavy atom. The zero-order chi connectivity index (χ0) is 14.5. The number of pyridine rings is 1. The van der Waals surface area contributed by atoms with Crippen LogP contribution in [0.4, 0.5) is 0 Å². The molecule has 1 atom stereocenters. The van der Waals surface area contributed by atoms with E-state index in [1.165, 1.54) is 0 Å². The summed E-state index contributed by atoms with van der Waals surface area (Å²) in [7, 11) is 0. The maximum atomic E-state index is 12.0. The molecule has 0 aliphatic carbocycles. The SMILES string of the molecule is CCCC(O)CNC(=O)c1cc2ccccc2c(=O)[nH]1. The van der Waals surface area contributed by atoms with Crippen molar-refractivity contribution in [1.82, 2.24) is 10.3 Å². The highest BCUT2D eigenvalue weighted by Crippen LogP contribution is 2.09. The van der Waals surface area contributed by atoms with Crippen LogP contribution in [0, 0.1) is 0 Å². The Labute approximate surface area is 116 Å². The highest BCUT2D eigenvalue weighted by Gasteiger charge is 2.11. The Morgan fingerprint density at radius 1 is 1.40 bits per heavy atom. The Bertz CT molecular complexity index is 663. The third-order valence-corrected chi connectivity index (χ3v) is 3.12. The molecule has 0 bridgehead atoms.